The van der Waals surface area contributed by atoms with Gasteiger partial charge in [-0.3, -0.25) is 9.59 Å². The fourth-order valence-corrected chi connectivity index (χ4v) is 7.68. The Morgan fingerprint density at radius 3 is 1.22 bits per heavy atom. The molecule has 0 aromatic carbocycles. The van der Waals surface area contributed by atoms with Gasteiger partial charge in [0, 0.05) is 25.5 Å². The van der Waals surface area contributed by atoms with Crippen LogP contribution in [-0.2, 0) is 23.9 Å². The molecule has 0 fully saturated rings. The number of esters is 1. The van der Waals surface area contributed by atoms with Crippen molar-refractivity contribution in [1.29, 1.82) is 0 Å². The molecule has 0 aliphatic heterocycles. The van der Waals surface area contributed by atoms with Gasteiger partial charge in [-0.05, 0) is 65.3 Å². The molecule has 0 radical (unpaired) electrons. The van der Waals surface area contributed by atoms with E-state index in [2.05, 4.69) is 66.0 Å². The van der Waals surface area contributed by atoms with Gasteiger partial charge in [0.05, 0.1) is 12.2 Å². The van der Waals surface area contributed by atoms with E-state index in [0.717, 1.165) is 38.4 Å². The number of unbranched alkanes of at least 4 members (excludes halogenated alkanes) is 29. The summed E-state index contributed by atoms with van der Waals surface area (Å²) >= 11 is 0. The SMILES string of the molecule is CCCCCCCCCCCCCCCCCC(=O)OCC(NC)C(=O)NC(C)(C)C(C)(C)CC(C)C.CCCCCCCCCCCCCCCCCC=O.COC(C)(C)CO. The third-order valence-electron chi connectivity index (χ3n) is 13.0. The van der Waals surface area contributed by atoms with Crippen LogP contribution in [0.3, 0.4) is 0 Å². The molecule has 1 atom stereocenters. The first-order chi connectivity index (χ1) is 30.0. The van der Waals surface area contributed by atoms with Crippen molar-refractivity contribution in [2.24, 2.45) is 11.3 Å². The summed E-state index contributed by atoms with van der Waals surface area (Å²) < 4.78 is 10.3. The second kappa shape index (κ2) is 45.6. The Labute approximate surface area is 393 Å². The number of likely N-dealkylation sites (N-methyl/N-ethyl adjacent to an activating group) is 1. The van der Waals surface area contributed by atoms with E-state index in [9.17, 15) is 14.4 Å². The van der Waals surface area contributed by atoms with Crippen LogP contribution in [0.2, 0.25) is 0 Å². The number of nitrogens with one attached hydrogen (secondary N) is 2. The van der Waals surface area contributed by atoms with E-state index >= 15 is 0 Å². The van der Waals surface area contributed by atoms with Crippen molar-refractivity contribution in [3.8, 4) is 0 Å². The lowest BCUT2D eigenvalue weighted by Gasteiger charge is -2.44. The zero-order valence-corrected chi connectivity index (χ0v) is 44.5. The lowest BCUT2D eigenvalue weighted by atomic mass is 9.69. The molecule has 3 N–H and O–H groups in total. The van der Waals surface area contributed by atoms with Gasteiger partial charge in [0.15, 0.2) is 0 Å². The molecular formula is C55H112N2O6. The number of carbonyl (C=O) groups excluding carboxylic acids is 3. The van der Waals surface area contributed by atoms with Crippen LogP contribution in [0.25, 0.3) is 0 Å². The molecule has 0 saturated carbocycles. The van der Waals surface area contributed by atoms with Crippen LogP contribution in [0.1, 0.15) is 281 Å². The largest absolute Gasteiger partial charge is 0.463 e. The van der Waals surface area contributed by atoms with Crippen molar-refractivity contribution in [3.05, 3.63) is 0 Å². The molecule has 0 aromatic rings. The maximum Gasteiger partial charge on any atom is 0.305 e. The summed E-state index contributed by atoms with van der Waals surface area (Å²) in [5.74, 6) is 0.221. The van der Waals surface area contributed by atoms with E-state index in [4.69, 9.17) is 14.6 Å². The third kappa shape index (κ3) is 45.4. The molecule has 0 heterocycles. The average Bonchev–Trinajstić information content (AvgIpc) is 3.23. The molecular weight excluding hydrogens is 785 g/mol. The Kier molecular flexibility index (Phi) is 47.6. The maximum absolute atomic E-state index is 12.9. The minimum Gasteiger partial charge on any atom is -0.463 e. The van der Waals surface area contributed by atoms with Gasteiger partial charge in [-0.1, -0.05) is 221 Å². The van der Waals surface area contributed by atoms with Crippen LogP contribution in [-0.4, -0.2) is 67.8 Å². The highest BCUT2D eigenvalue weighted by molar-refractivity contribution is 5.83. The topological polar surface area (TPSA) is 114 Å². The van der Waals surface area contributed by atoms with Gasteiger partial charge < -0.3 is 30.0 Å². The van der Waals surface area contributed by atoms with E-state index in [1.807, 2.05) is 13.8 Å². The summed E-state index contributed by atoms with van der Waals surface area (Å²) in [6.07, 6.45) is 43.6. The normalized spacial score (nSPS) is 12.3. The number of aliphatic hydroxyl groups excluding tert-OH is 1. The first-order valence-electron chi connectivity index (χ1n) is 26.7. The predicted octanol–water partition coefficient (Wildman–Crippen LogP) is 15.2. The predicted molar refractivity (Wildman–Crippen MR) is 273 cm³/mol. The highest BCUT2D eigenvalue weighted by atomic mass is 16.5. The minimum atomic E-state index is -0.542. The van der Waals surface area contributed by atoms with Gasteiger partial charge in [0.2, 0.25) is 5.91 Å². The van der Waals surface area contributed by atoms with Crippen LogP contribution in [0.15, 0.2) is 0 Å². The highest BCUT2D eigenvalue weighted by Gasteiger charge is 2.39. The standard InChI is InChI=1S/C32H64N2O3.C18H36O.C5H12O2/c1-9-10-11-12-13-14-15-16-17-18-19-20-21-22-23-24-29(35)37-26-28(33-8)30(36)34-32(6,7)31(4,5)25-27(2)3;1-2-3-4-5-6-7-8-9-10-11-12-13-14-15-16-17-18-19;1-5(2,4-6)7-3/h27-28,33H,9-26H2,1-8H3,(H,34,36);18H,2-17H2,1H3;6H,4H2,1-3H3. The Bertz CT molecular complexity index is 992. The molecule has 0 bridgehead atoms. The van der Waals surface area contributed by atoms with E-state index < -0.39 is 6.04 Å². The Morgan fingerprint density at radius 1 is 0.587 bits per heavy atom. The van der Waals surface area contributed by atoms with E-state index in [1.54, 1.807) is 14.2 Å². The minimum absolute atomic E-state index is 0.0562. The summed E-state index contributed by atoms with van der Waals surface area (Å²) in [6.45, 7) is 21.3. The molecule has 63 heavy (non-hydrogen) atoms. The Morgan fingerprint density at radius 2 is 0.937 bits per heavy atom. The first-order valence-corrected chi connectivity index (χ1v) is 26.7. The van der Waals surface area contributed by atoms with E-state index in [0.29, 0.717) is 12.3 Å². The fourth-order valence-electron chi connectivity index (χ4n) is 7.68. The van der Waals surface area contributed by atoms with E-state index in [-0.39, 0.29) is 41.6 Å². The van der Waals surface area contributed by atoms with Gasteiger partial charge in [-0.15, -0.1) is 0 Å². The average molecular weight is 898 g/mol. The van der Waals surface area contributed by atoms with Gasteiger partial charge in [-0.25, -0.2) is 0 Å². The van der Waals surface area contributed by atoms with Crippen LogP contribution in [0.5, 0.6) is 0 Å². The van der Waals surface area contributed by atoms with Gasteiger partial charge in [0.25, 0.3) is 0 Å². The molecule has 0 saturated heterocycles. The Hall–Kier alpha value is -1.51. The summed E-state index contributed by atoms with van der Waals surface area (Å²) in [5.41, 5.74) is -0.791. The van der Waals surface area contributed by atoms with Gasteiger partial charge >= 0.3 is 5.97 Å². The molecule has 0 spiro atoms. The summed E-state index contributed by atoms with van der Waals surface area (Å²) in [6, 6.07) is -0.542. The number of amides is 1. The quantitative estimate of drug-likeness (QED) is 0.0318. The van der Waals surface area contributed by atoms with Crippen LogP contribution in [0, 0.1) is 11.3 Å². The highest BCUT2D eigenvalue weighted by Crippen LogP contribution is 2.36. The number of aliphatic hydroxyl groups is 1. The summed E-state index contributed by atoms with van der Waals surface area (Å²) in [5, 5.41) is 14.7. The van der Waals surface area contributed by atoms with Gasteiger partial charge in [0.1, 0.15) is 18.9 Å². The molecule has 8 heteroatoms. The second-order valence-electron chi connectivity index (χ2n) is 20.8. The lowest BCUT2D eigenvalue weighted by molar-refractivity contribution is -0.145. The zero-order chi connectivity index (χ0) is 48.1. The van der Waals surface area contributed by atoms with Crippen LogP contribution >= 0.6 is 0 Å². The van der Waals surface area contributed by atoms with Crippen LogP contribution < -0.4 is 10.6 Å². The van der Waals surface area contributed by atoms with Crippen molar-refractivity contribution >= 4 is 18.2 Å². The Balaban J connectivity index is -0.00000114. The maximum atomic E-state index is 12.9. The number of methoxy groups -OCH3 is 1. The van der Waals surface area contributed by atoms with Crippen molar-refractivity contribution < 1.29 is 29.0 Å². The third-order valence-corrected chi connectivity index (χ3v) is 13.0. The van der Waals surface area contributed by atoms with Gasteiger partial charge in [-0.2, -0.15) is 0 Å². The number of rotatable bonds is 42. The number of ether oxygens (including phenoxy) is 2. The smallest absolute Gasteiger partial charge is 0.305 e. The van der Waals surface area contributed by atoms with Crippen molar-refractivity contribution in [2.45, 2.75) is 298 Å². The molecule has 0 aliphatic carbocycles. The molecule has 0 aliphatic rings. The lowest BCUT2D eigenvalue weighted by Crippen LogP contribution is -2.59. The van der Waals surface area contributed by atoms with Crippen molar-refractivity contribution in [1.82, 2.24) is 10.6 Å². The molecule has 1 amide bonds. The zero-order valence-electron chi connectivity index (χ0n) is 44.5. The van der Waals surface area contributed by atoms with Crippen molar-refractivity contribution in [2.75, 3.05) is 27.4 Å². The second-order valence-corrected chi connectivity index (χ2v) is 20.8. The molecule has 378 valence electrons. The number of carbonyl (C=O) groups is 3. The molecule has 1 unspecified atom stereocenters. The summed E-state index contributed by atoms with van der Waals surface area (Å²) in [4.78, 5) is 35.2. The number of hydrogen-bond acceptors (Lipinski definition) is 7. The first kappa shape index (κ1) is 65.8. The monoisotopic (exact) mass is 897 g/mol. The van der Waals surface area contributed by atoms with Crippen molar-refractivity contribution in [3.63, 3.8) is 0 Å². The van der Waals surface area contributed by atoms with E-state index in [1.165, 1.54) is 173 Å². The molecule has 8 nitrogen and oxygen atoms in total. The number of hydrogen-bond donors (Lipinski definition) is 3. The van der Waals surface area contributed by atoms with Crippen LogP contribution in [0.4, 0.5) is 0 Å². The fraction of sp³-hybridized carbons (Fsp3) is 0.945. The molecule has 0 rings (SSSR count). The number of aldehydes is 1. The summed E-state index contributed by atoms with van der Waals surface area (Å²) in [7, 11) is 3.31. The molecule has 0 aromatic heterocycles.